The van der Waals surface area contributed by atoms with E-state index in [0.717, 1.165) is 5.69 Å². The van der Waals surface area contributed by atoms with Crippen LogP contribution in [0.15, 0.2) is 24.3 Å². The lowest BCUT2D eigenvalue weighted by molar-refractivity contribution is -0.132. The molecule has 1 saturated heterocycles. The predicted molar refractivity (Wildman–Crippen MR) is 94.9 cm³/mol. The van der Waals surface area contributed by atoms with Crippen molar-refractivity contribution in [3.8, 4) is 0 Å². The monoisotopic (exact) mass is 339 g/mol. The summed E-state index contributed by atoms with van der Waals surface area (Å²) in [5.74, 6) is -0.485. The normalized spacial score (nSPS) is 18.7. The molecule has 1 heterocycles. The maximum atomic E-state index is 12.5. The van der Waals surface area contributed by atoms with E-state index in [9.17, 15) is 9.59 Å². The molecule has 0 spiro atoms. The lowest BCUT2D eigenvalue weighted by atomic mass is 10.0. The van der Waals surface area contributed by atoms with E-state index in [1.807, 2.05) is 31.2 Å². The number of halogens is 1. The zero-order chi connectivity index (χ0) is 16.3. The van der Waals surface area contributed by atoms with Gasteiger partial charge in [-0.15, -0.1) is 12.4 Å². The number of amides is 2. The molecule has 5 nitrogen and oxygen atoms in total. The van der Waals surface area contributed by atoms with Crippen LogP contribution >= 0.6 is 12.4 Å². The summed E-state index contributed by atoms with van der Waals surface area (Å²) in [4.78, 5) is 26.3. The van der Waals surface area contributed by atoms with E-state index in [1.165, 1.54) is 5.56 Å². The molecule has 0 aromatic heterocycles. The van der Waals surface area contributed by atoms with Gasteiger partial charge in [0, 0.05) is 24.8 Å². The largest absolute Gasteiger partial charge is 0.352 e. The first-order valence-corrected chi connectivity index (χ1v) is 7.85. The van der Waals surface area contributed by atoms with E-state index in [0.29, 0.717) is 25.4 Å². The fraction of sp³-hybridized carbons (Fsp3) is 0.529. The highest BCUT2D eigenvalue weighted by molar-refractivity contribution is 6.09. The molecule has 1 unspecified atom stereocenters. The van der Waals surface area contributed by atoms with Crippen LogP contribution < -0.4 is 16.0 Å². The van der Waals surface area contributed by atoms with Crippen molar-refractivity contribution in [2.45, 2.75) is 39.2 Å². The fourth-order valence-corrected chi connectivity index (χ4v) is 2.62. The first-order chi connectivity index (χ1) is 10.4. The van der Waals surface area contributed by atoms with Crippen molar-refractivity contribution in [1.82, 2.24) is 5.32 Å². The number of hydrogen-bond acceptors (Lipinski definition) is 3. The fourth-order valence-electron chi connectivity index (χ4n) is 2.62. The number of anilines is 1. The van der Waals surface area contributed by atoms with Crippen LogP contribution in [-0.2, 0) is 9.59 Å². The molecule has 2 atom stereocenters. The molecule has 2 amide bonds. The summed E-state index contributed by atoms with van der Waals surface area (Å²) in [5, 5.41) is 2.79. The van der Waals surface area contributed by atoms with Gasteiger partial charge in [-0.25, -0.2) is 0 Å². The summed E-state index contributed by atoms with van der Waals surface area (Å²) >= 11 is 0. The van der Waals surface area contributed by atoms with Gasteiger partial charge in [-0.1, -0.05) is 26.0 Å². The Morgan fingerprint density at radius 1 is 1.30 bits per heavy atom. The van der Waals surface area contributed by atoms with Crippen molar-refractivity contribution in [2.24, 2.45) is 11.7 Å². The molecule has 1 aliphatic rings. The van der Waals surface area contributed by atoms with E-state index < -0.39 is 5.92 Å². The van der Waals surface area contributed by atoms with Gasteiger partial charge in [-0.3, -0.25) is 9.59 Å². The van der Waals surface area contributed by atoms with Crippen LogP contribution in [0.25, 0.3) is 0 Å². The number of carbonyl (C=O) groups is 2. The third-order valence-corrected chi connectivity index (χ3v) is 4.14. The van der Waals surface area contributed by atoms with Crippen LogP contribution in [0.2, 0.25) is 0 Å². The summed E-state index contributed by atoms with van der Waals surface area (Å²) in [6.45, 7) is 7.05. The molecule has 128 valence electrons. The highest BCUT2D eigenvalue weighted by Gasteiger charge is 2.37. The van der Waals surface area contributed by atoms with E-state index >= 15 is 0 Å². The summed E-state index contributed by atoms with van der Waals surface area (Å²) in [6.07, 6.45) is 0.549. The average Bonchev–Trinajstić information content (AvgIpc) is 2.88. The maximum absolute atomic E-state index is 12.5. The van der Waals surface area contributed by atoms with Gasteiger partial charge in [0.05, 0.1) is 0 Å². The lowest BCUT2D eigenvalue weighted by Gasteiger charge is -2.18. The zero-order valence-electron chi connectivity index (χ0n) is 13.9. The van der Waals surface area contributed by atoms with Crippen molar-refractivity contribution in [2.75, 3.05) is 18.0 Å². The molecule has 0 saturated carbocycles. The molecule has 0 radical (unpaired) electrons. The molecule has 23 heavy (non-hydrogen) atoms. The van der Waals surface area contributed by atoms with Gasteiger partial charge in [0.1, 0.15) is 5.92 Å². The third kappa shape index (κ3) is 4.45. The molecule has 3 N–H and O–H groups in total. The van der Waals surface area contributed by atoms with Gasteiger partial charge >= 0.3 is 0 Å². The smallest absolute Gasteiger partial charge is 0.239 e. The molecule has 1 aromatic rings. The van der Waals surface area contributed by atoms with Crippen LogP contribution in [0.3, 0.4) is 0 Å². The van der Waals surface area contributed by atoms with Gasteiger partial charge in [0.25, 0.3) is 0 Å². The van der Waals surface area contributed by atoms with E-state index in [4.69, 9.17) is 5.73 Å². The second kappa shape index (κ2) is 8.31. The van der Waals surface area contributed by atoms with Crippen LogP contribution in [0.4, 0.5) is 5.69 Å². The molecule has 1 fully saturated rings. The second-order valence-corrected chi connectivity index (χ2v) is 6.22. The highest BCUT2D eigenvalue weighted by atomic mass is 35.5. The molecule has 2 rings (SSSR count). The number of nitrogens with one attached hydrogen (secondary N) is 1. The summed E-state index contributed by atoms with van der Waals surface area (Å²) in [5.41, 5.74) is 7.60. The molecule has 6 heteroatoms. The Bertz CT molecular complexity index is 545. The summed E-state index contributed by atoms with van der Waals surface area (Å²) < 4.78 is 0. The number of nitrogens with zero attached hydrogens (tertiary/aromatic N) is 1. The Labute approximate surface area is 144 Å². The molecular weight excluding hydrogens is 314 g/mol. The van der Waals surface area contributed by atoms with E-state index in [1.54, 1.807) is 4.90 Å². The molecular formula is C17H26ClN3O2. The Hall–Kier alpha value is -1.59. The van der Waals surface area contributed by atoms with Gasteiger partial charge in [0.15, 0.2) is 0 Å². The molecule has 1 aliphatic heterocycles. The van der Waals surface area contributed by atoms with Crippen LogP contribution in [0.5, 0.6) is 0 Å². The van der Waals surface area contributed by atoms with Crippen molar-refractivity contribution >= 4 is 29.9 Å². The first-order valence-electron chi connectivity index (χ1n) is 7.85. The predicted octanol–water partition coefficient (Wildman–Crippen LogP) is 2.05. The Balaban J connectivity index is 0.00000264. The topological polar surface area (TPSA) is 75.4 Å². The minimum absolute atomic E-state index is 0. The summed E-state index contributed by atoms with van der Waals surface area (Å²) in [7, 11) is 0. The molecule has 1 aromatic carbocycles. The van der Waals surface area contributed by atoms with E-state index in [-0.39, 0.29) is 30.3 Å². The van der Waals surface area contributed by atoms with Crippen LogP contribution in [0.1, 0.15) is 38.7 Å². The quantitative estimate of drug-likeness (QED) is 0.806. The van der Waals surface area contributed by atoms with Crippen molar-refractivity contribution in [1.29, 1.82) is 0 Å². The van der Waals surface area contributed by atoms with Crippen molar-refractivity contribution in [3.63, 3.8) is 0 Å². The standard InChI is InChI=1S/C17H25N3O2.ClH/c1-11(2)13-4-6-14(7-5-13)20-9-8-15(17(20)22)16(21)19-12(3)10-18;/h4-7,11-12,15H,8-10,18H2,1-3H3,(H,19,21);1H/t12-,15?;/m0./s1. The number of hydrogen-bond donors (Lipinski definition) is 2. The van der Waals surface area contributed by atoms with Crippen molar-refractivity contribution < 1.29 is 9.59 Å². The van der Waals surface area contributed by atoms with Gasteiger partial charge < -0.3 is 16.0 Å². The van der Waals surface area contributed by atoms with Crippen LogP contribution in [-0.4, -0.2) is 30.9 Å². The highest BCUT2D eigenvalue weighted by Crippen LogP contribution is 2.27. The number of carbonyl (C=O) groups excluding carboxylic acids is 2. The molecule has 0 bridgehead atoms. The number of rotatable bonds is 5. The zero-order valence-corrected chi connectivity index (χ0v) is 14.7. The summed E-state index contributed by atoms with van der Waals surface area (Å²) in [6, 6.07) is 7.88. The SMILES string of the molecule is CC(C)c1ccc(N2CCC(C(=O)N[C@@H](C)CN)C2=O)cc1.Cl. The minimum atomic E-state index is -0.598. The van der Waals surface area contributed by atoms with E-state index in [2.05, 4.69) is 19.2 Å². The minimum Gasteiger partial charge on any atom is -0.352 e. The lowest BCUT2D eigenvalue weighted by Crippen LogP contribution is -2.43. The van der Waals surface area contributed by atoms with Gasteiger partial charge in [0.2, 0.25) is 11.8 Å². The average molecular weight is 340 g/mol. The Morgan fingerprint density at radius 2 is 1.91 bits per heavy atom. The Kier molecular flexibility index (Phi) is 7.03. The Morgan fingerprint density at radius 3 is 2.43 bits per heavy atom. The molecule has 0 aliphatic carbocycles. The first kappa shape index (κ1) is 19.5. The second-order valence-electron chi connectivity index (χ2n) is 6.22. The number of benzene rings is 1. The van der Waals surface area contributed by atoms with Crippen molar-refractivity contribution in [3.05, 3.63) is 29.8 Å². The van der Waals surface area contributed by atoms with Gasteiger partial charge in [-0.2, -0.15) is 0 Å². The number of nitrogens with two attached hydrogens (primary N) is 1. The van der Waals surface area contributed by atoms with Gasteiger partial charge in [-0.05, 0) is 37.0 Å². The maximum Gasteiger partial charge on any atom is 0.239 e. The third-order valence-electron chi connectivity index (χ3n) is 4.14. The van der Waals surface area contributed by atoms with Crippen LogP contribution in [0, 0.1) is 5.92 Å².